The van der Waals surface area contributed by atoms with Gasteiger partial charge in [0.25, 0.3) is 5.91 Å². The maximum atomic E-state index is 12.9. The monoisotopic (exact) mass is 463 g/mol. The second-order valence-electron chi connectivity index (χ2n) is 7.78. The number of methoxy groups -OCH3 is 1. The van der Waals surface area contributed by atoms with E-state index in [2.05, 4.69) is 21.1 Å². The number of carbonyl (C=O) groups is 1. The van der Waals surface area contributed by atoms with Gasteiger partial charge in [-0.3, -0.25) is 9.52 Å². The summed E-state index contributed by atoms with van der Waals surface area (Å²) in [5, 5.41) is 4.10. The van der Waals surface area contributed by atoms with E-state index in [4.69, 9.17) is 4.74 Å². The summed E-state index contributed by atoms with van der Waals surface area (Å²) in [6.07, 6.45) is 3.04. The molecule has 3 N–H and O–H groups in total. The number of carbonyl (C=O) groups excluding carboxylic acids is 1. The quantitative estimate of drug-likeness (QED) is 0.366. The molecular formula is C25H25N3O4S. The second kappa shape index (κ2) is 9.38. The van der Waals surface area contributed by atoms with Crippen LogP contribution in [0.1, 0.15) is 27.4 Å². The molecule has 7 nitrogen and oxygen atoms in total. The molecule has 1 heterocycles. The number of aromatic nitrogens is 1. The van der Waals surface area contributed by atoms with Gasteiger partial charge in [0.2, 0.25) is 10.0 Å². The number of aromatic amines is 1. The number of sulfonamides is 1. The van der Waals surface area contributed by atoms with Gasteiger partial charge in [0.05, 0.1) is 13.4 Å². The SMILES string of the molecule is COc1ccc([C@H](CNC(=O)c2cccc(NS(C)(=O)=O)c2)c2c[nH]c3ccccc23)cc1. The largest absolute Gasteiger partial charge is 0.497 e. The van der Waals surface area contributed by atoms with Gasteiger partial charge < -0.3 is 15.0 Å². The van der Waals surface area contributed by atoms with Crippen LogP contribution in [0.4, 0.5) is 5.69 Å². The molecule has 170 valence electrons. The number of nitrogens with one attached hydrogen (secondary N) is 3. The Morgan fingerprint density at radius 2 is 1.79 bits per heavy atom. The van der Waals surface area contributed by atoms with Crippen LogP contribution in [0.3, 0.4) is 0 Å². The molecule has 1 amide bonds. The summed E-state index contributed by atoms with van der Waals surface area (Å²) < 4.78 is 30.7. The third kappa shape index (κ3) is 5.35. The minimum absolute atomic E-state index is 0.103. The molecule has 0 saturated carbocycles. The van der Waals surface area contributed by atoms with Gasteiger partial charge in [-0.05, 0) is 47.5 Å². The van der Waals surface area contributed by atoms with Gasteiger partial charge in [0, 0.05) is 40.8 Å². The van der Waals surface area contributed by atoms with Gasteiger partial charge in [-0.15, -0.1) is 0 Å². The van der Waals surface area contributed by atoms with Crippen LogP contribution >= 0.6 is 0 Å². The predicted molar refractivity (Wildman–Crippen MR) is 130 cm³/mol. The average molecular weight is 464 g/mol. The number of anilines is 1. The molecule has 3 aromatic carbocycles. The molecule has 0 aliphatic heterocycles. The number of hydrogen-bond donors (Lipinski definition) is 3. The third-order valence-corrected chi connectivity index (χ3v) is 6.02. The van der Waals surface area contributed by atoms with Gasteiger partial charge in [-0.25, -0.2) is 8.42 Å². The van der Waals surface area contributed by atoms with Crippen LogP contribution in [-0.4, -0.2) is 39.2 Å². The summed E-state index contributed by atoms with van der Waals surface area (Å²) >= 11 is 0. The highest BCUT2D eigenvalue weighted by molar-refractivity contribution is 7.92. The highest BCUT2D eigenvalue weighted by atomic mass is 32.2. The molecule has 33 heavy (non-hydrogen) atoms. The Morgan fingerprint density at radius 1 is 1.03 bits per heavy atom. The predicted octanol–water partition coefficient (Wildman–Crippen LogP) is 4.11. The molecule has 0 spiro atoms. The first-order chi connectivity index (χ1) is 15.8. The van der Waals surface area contributed by atoms with Gasteiger partial charge in [-0.2, -0.15) is 0 Å². The molecule has 0 aliphatic rings. The number of para-hydroxylation sites is 1. The smallest absolute Gasteiger partial charge is 0.251 e. The van der Waals surface area contributed by atoms with Crippen molar-refractivity contribution in [1.82, 2.24) is 10.3 Å². The maximum Gasteiger partial charge on any atom is 0.251 e. The van der Waals surface area contributed by atoms with E-state index in [1.807, 2.05) is 48.7 Å². The number of ether oxygens (including phenoxy) is 1. The van der Waals surface area contributed by atoms with E-state index in [0.29, 0.717) is 17.8 Å². The van der Waals surface area contributed by atoms with Crippen LogP contribution in [0, 0.1) is 0 Å². The molecule has 0 fully saturated rings. The first kappa shape index (κ1) is 22.4. The summed E-state index contributed by atoms with van der Waals surface area (Å²) in [7, 11) is -1.81. The molecule has 4 rings (SSSR count). The van der Waals surface area contributed by atoms with Crippen molar-refractivity contribution >= 4 is 32.5 Å². The summed E-state index contributed by atoms with van der Waals surface area (Å²) in [4.78, 5) is 16.2. The van der Waals surface area contributed by atoms with Crippen molar-refractivity contribution in [2.45, 2.75) is 5.92 Å². The fourth-order valence-corrected chi connectivity index (χ4v) is 4.42. The number of fused-ring (bicyclic) bond motifs is 1. The summed E-state index contributed by atoms with van der Waals surface area (Å²) in [6, 6.07) is 22.2. The average Bonchev–Trinajstić information content (AvgIpc) is 3.22. The van der Waals surface area contributed by atoms with Crippen molar-refractivity contribution in [1.29, 1.82) is 0 Å². The topological polar surface area (TPSA) is 100 Å². The van der Waals surface area contributed by atoms with Gasteiger partial charge >= 0.3 is 0 Å². The van der Waals surface area contributed by atoms with Crippen molar-refractivity contribution in [2.24, 2.45) is 0 Å². The molecule has 0 bridgehead atoms. The Morgan fingerprint density at radius 3 is 2.52 bits per heavy atom. The fraction of sp³-hybridized carbons (Fsp3) is 0.160. The number of H-pyrrole nitrogens is 1. The molecule has 4 aromatic rings. The van der Waals surface area contributed by atoms with Crippen LogP contribution in [0.25, 0.3) is 10.9 Å². The zero-order valence-corrected chi connectivity index (χ0v) is 19.1. The molecular weight excluding hydrogens is 438 g/mol. The second-order valence-corrected chi connectivity index (χ2v) is 9.53. The molecule has 1 atom stereocenters. The van der Waals surface area contributed by atoms with Gasteiger partial charge in [-0.1, -0.05) is 36.4 Å². The zero-order valence-electron chi connectivity index (χ0n) is 18.3. The van der Waals surface area contributed by atoms with E-state index in [1.165, 1.54) is 6.07 Å². The van der Waals surface area contributed by atoms with Crippen LogP contribution < -0.4 is 14.8 Å². The number of rotatable bonds is 8. The first-order valence-electron chi connectivity index (χ1n) is 10.4. The Balaban J connectivity index is 1.61. The van der Waals surface area contributed by atoms with Crippen molar-refractivity contribution in [3.05, 3.63) is 95.7 Å². The lowest BCUT2D eigenvalue weighted by molar-refractivity contribution is 0.0952. The third-order valence-electron chi connectivity index (χ3n) is 5.41. The van der Waals surface area contributed by atoms with Gasteiger partial charge in [0.1, 0.15) is 5.75 Å². The van der Waals surface area contributed by atoms with Crippen molar-refractivity contribution < 1.29 is 17.9 Å². The normalized spacial score (nSPS) is 12.3. The molecule has 0 saturated heterocycles. The highest BCUT2D eigenvalue weighted by Crippen LogP contribution is 2.31. The Labute approximate surface area is 192 Å². The molecule has 0 radical (unpaired) electrons. The van der Waals surface area contributed by atoms with Crippen LogP contribution in [0.2, 0.25) is 0 Å². The van der Waals surface area contributed by atoms with E-state index in [1.54, 1.807) is 25.3 Å². The number of amides is 1. The first-order valence-corrected chi connectivity index (χ1v) is 12.3. The van der Waals surface area contributed by atoms with Crippen molar-refractivity contribution in [3.63, 3.8) is 0 Å². The van der Waals surface area contributed by atoms with Crippen LogP contribution in [-0.2, 0) is 10.0 Å². The maximum absolute atomic E-state index is 12.9. The van der Waals surface area contributed by atoms with E-state index < -0.39 is 10.0 Å². The molecule has 1 aromatic heterocycles. The molecule has 0 aliphatic carbocycles. The van der Waals surface area contributed by atoms with Crippen molar-refractivity contribution in [3.8, 4) is 5.75 Å². The lowest BCUT2D eigenvalue weighted by atomic mass is 9.90. The Kier molecular flexibility index (Phi) is 6.37. The lowest BCUT2D eigenvalue weighted by Gasteiger charge is -2.19. The Bertz CT molecular complexity index is 1380. The summed E-state index contributed by atoms with van der Waals surface area (Å²) in [6.45, 7) is 0.358. The molecule has 8 heteroatoms. The van der Waals surface area contributed by atoms with E-state index in [-0.39, 0.29) is 11.8 Å². The minimum Gasteiger partial charge on any atom is -0.497 e. The zero-order chi connectivity index (χ0) is 23.4. The lowest BCUT2D eigenvalue weighted by Crippen LogP contribution is -2.29. The van der Waals surface area contributed by atoms with E-state index in [9.17, 15) is 13.2 Å². The van der Waals surface area contributed by atoms with Crippen LogP contribution in [0.5, 0.6) is 5.75 Å². The Hall–Kier alpha value is -3.78. The number of benzene rings is 3. The standard InChI is InChI=1S/C25H25N3O4S/c1-32-20-12-10-17(11-13-20)22(23-16-26-24-9-4-3-8-21(23)24)15-27-25(29)18-6-5-7-19(14-18)28-33(2,30)31/h3-14,16,22,26,28H,15H2,1-2H3,(H,27,29)/t22-/m0/s1. The van der Waals surface area contributed by atoms with E-state index >= 15 is 0 Å². The van der Waals surface area contributed by atoms with Gasteiger partial charge in [0.15, 0.2) is 0 Å². The number of hydrogen-bond acceptors (Lipinski definition) is 4. The summed E-state index contributed by atoms with van der Waals surface area (Å²) in [5.74, 6) is 0.370. The highest BCUT2D eigenvalue weighted by Gasteiger charge is 2.20. The van der Waals surface area contributed by atoms with Crippen molar-refractivity contribution in [2.75, 3.05) is 24.6 Å². The van der Waals surface area contributed by atoms with Crippen LogP contribution in [0.15, 0.2) is 79.0 Å². The fourth-order valence-electron chi connectivity index (χ4n) is 3.86. The van der Waals surface area contributed by atoms with E-state index in [0.717, 1.165) is 34.0 Å². The summed E-state index contributed by atoms with van der Waals surface area (Å²) in [5.41, 5.74) is 3.85. The molecule has 0 unspecified atom stereocenters. The minimum atomic E-state index is -3.43.